The molecule has 2 aliphatic heterocycles. The molecule has 0 unspecified atom stereocenters. The molecule has 3 fully saturated rings. The van der Waals surface area contributed by atoms with Crippen LogP contribution in [-0.4, -0.2) is 47.9 Å². The van der Waals surface area contributed by atoms with Crippen LogP contribution in [0.1, 0.15) is 59.7 Å². The Bertz CT molecular complexity index is 537. The van der Waals surface area contributed by atoms with Crippen LogP contribution >= 0.6 is 11.3 Å². The largest absolute Gasteiger partial charge is 0.333 e. The van der Waals surface area contributed by atoms with Gasteiger partial charge in [0.25, 0.3) is 5.91 Å². The van der Waals surface area contributed by atoms with Crippen LogP contribution < -0.4 is 0 Å². The van der Waals surface area contributed by atoms with Gasteiger partial charge < -0.3 is 9.80 Å². The third-order valence-corrected chi connectivity index (χ3v) is 6.41. The van der Waals surface area contributed by atoms with Gasteiger partial charge in [0.15, 0.2) is 0 Å². The molecule has 0 N–H and O–H groups in total. The molecule has 114 valence electrons. The van der Waals surface area contributed by atoms with Gasteiger partial charge >= 0.3 is 0 Å². The first-order chi connectivity index (χ1) is 10.3. The molecule has 0 bridgehead atoms. The van der Waals surface area contributed by atoms with Gasteiger partial charge in [-0.25, -0.2) is 0 Å². The average Bonchev–Trinajstić information content (AvgIpc) is 2.93. The number of hydrogen-bond acceptors (Lipinski definition) is 3. The van der Waals surface area contributed by atoms with Crippen molar-refractivity contribution in [1.29, 1.82) is 0 Å². The Morgan fingerprint density at radius 1 is 1.14 bits per heavy atom. The molecule has 2 saturated heterocycles. The number of thiophene rings is 1. The lowest BCUT2D eigenvalue weighted by Gasteiger charge is -2.33. The maximum absolute atomic E-state index is 13.1. The monoisotopic (exact) mass is 304 g/mol. The predicted octanol–water partition coefficient (Wildman–Crippen LogP) is 3.32. The normalized spacial score (nSPS) is 30.2. The summed E-state index contributed by atoms with van der Waals surface area (Å²) in [7, 11) is 2.22. The SMILES string of the molecule is CN1CCC[C@@H]1[C@@H]1CCCN1C(=O)c1sccc1C1CC1. The summed E-state index contributed by atoms with van der Waals surface area (Å²) >= 11 is 1.65. The zero-order valence-electron chi connectivity index (χ0n) is 12.8. The second-order valence-corrected chi connectivity index (χ2v) is 7.79. The molecule has 1 amide bonds. The number of carbonyl (C=O) groups excluding carboxylic acids is 1. The summed E-state index contributed by atoms with van der Waals surface area (Å²) in [5, 5.41) is 2.10. The Labute approximate surface area is 130 Å². The average molecular weight is 304 g/mol. The van der Waals surface area contributed by atoms with E-state index in [1.54, 1.807) is 11.3 Å². The Morgan fingerprint density at radius 3 is 2.62 bits per heavy atom. The summed E-state index contributed by atoms with van der Waals surface area (Å²) in [4.78, 5) is 18.7. The third kappa shape index (κ3) is 2.42. The van der Waals surface area contributed by atoms with Gasteiger partial charge in [-0.05, 0) is 75.0 Å². The van der Waals surface area contributed by atoms with E-state index in [1.165, 1.54) is 50.6 Å². The summed E-state index contributed by atoms with van der Waals surface area (Å²) in [5.41, 5.74) is 1.33. The number of nitrogens with zero attached hydrogens (tertiary/aromatic N) is 2. The molecule has 0 spiro atoms. The van der Waals surface area contributed by atoms with Crippen molar-refractivity contribution >= 4 is 17.2 Å². The molecule has 1 aliphatic carbocycles. The van der Waals surface area contributed by atoms with E-state index in [1.807, 2.05) is 0 Å². The molecule has 0 aromatic carbocycles. The van der Waals surface area contributed by atoms with Gasteiger partial charge in [0.05, 0.1) is 4.88 Å². The predicted molar refractivity (Wildman–Crippen MR) is 86.0 cm³/mol. The Hall–Kier alpha value is -0.870. The van der Waals surface area contributed by atoms with E-state index in [0.29, 0.717) is 23.9 Å². The van der Waals surface area contributed by atoms with E-state index < -0.39 is 0 Å². The van der Waals surface area contributed by atoms with Gasteiger partial charge in [-0.3, -0.25) is 4.79 Å². The lowest BCUT2D eigenvalue weighted by atomic mass is 10.0. The number of carbonyl (C=O) groups is 1. The van der Waals surface area contributed by atoms with Gasteiger partial charge in [0.1, 0.15) is 0 Å². The van der Waals surface area contributed by atoms with Crippen LogP contribution in [-0.2, 0) is 0 Å². The van der Waals surface area contributed by atoms with Crippen molar-refractivity contribution < 1.29 is 4.79 Å². The van der Waals surface area contributed by atoms with Gasteiger partial charge in [0, 0.05) is 18.6 Å². The van der Waals surface area contributed by atoms with Crippen molar-refractivity contribution in [3.05, 3.63) is 21.9 Å². The van der Waals surface area contributed by atoms with Crippen molar-refractivity contribution in [2.75, 3.05) is 20.1 Å². The number of likely N-dealkylation sites (N-methyl/N-ethyl adjacent to an activating group) is 1. The van der Waals surface area contributed by atoms with Crippen LogP contribution in [0, 0.1) is 0 Å². The summed E-state index contributed by atoms with van der Waals surface area (Å²) < 4.78 is 0. The highest BCUT2D eigenvalue weighted by Gasteiger charge is 2.40. The van der Waals surface area contributed by atoms with Crippen LogP contribution in [0.4, 0.5) is 0 Å². The highest BCUT2D eigenvalue weighted by molar-refractivity contribution is 7.12. The topological polar surface area (TPSA) is 23.6 Å². The lowest BCUT2D eigenvalue weighted by Crippen LogP contribution is -2.47. The Morgan fingerprint density at radius 2 is 1.90 bits per heavy atom. The molecule has 1 aromatic heterocycles. The first-order valence-electron chi connectivity index (χ1n) is 8.34. The van der Waals surface area contributed by atoms with Crippen LogP contribution in [0.3, 0.4) is 0 Å². The molecule has 3 aliphatic rings. The first-order valence-corrected chi connectivity index (χ1v) is 9.22. The molecule has 1 aromatic rings. The van der Waals surface area contributed by atoms with Gasteiger partial charge in [0.2, 0.25) is 0 Å². The minimum absolute atomic E-state index is 0.315. The molecule has 3 nitrogen and oxygen atoms in total. The summed E-state index contributed by atoms with van der Waals surface area (Å²) in [6.45, 7) is 2.14. The van der Waals surface area contributed by atoms with Crippen LogP contribution in [0.25, 0.3) is 0 Å². The van der Waals surface area contributed by atoms with Crippen LogP contribution in [0.5, 0.6) is 0 Å². The van der Waals surface area contributed by atoms with E-state index in [2.05, 4.69) is 28.3 Å². The second kappa shape index (κ2) is 5.40. The van der Waals surface area contributed by atoms with Crippen LogP contribution in [0.2, 0.25) is 0 Å². The highest BCUT2D eigenvalue weighted by Crippen LogP contribution is 2.44. The molecule has 0 radical (unpaired) electrons. The number of amides is 1. The summed E-state index contributed by atoms with van der Waals surface area (Å²) in [5.74, 6) is 0.986. The van der Waals surface area contributed by atoms with Crippen molar-refractivity contribution in [3.8, 4) is 0 Å². The van der Waals surface area contributed by atoms with Crippen molar-refractivity contribution in [2.24, 2.45) is 0 Å². The zero-order chi connectivity index (χ0) is 14.4. The fourth-order valence-electron chi connectivity index (χ4n) is 4.21. The van der Waals surface area contributed by atoms with E-state index >= 15 is 0 Å². The number of rotatable bonds is 3. The third-order valence-electron chi connectivity index (χ3n) is 5.49. The Kier molecular flexibility index (Phi) is 3.54. The molecule has 21 heavy (non-hydrogen) atoms. The number of hydrogen-bond donors (Lipinski definition) is 0. The van der Waals surface area contributed by atoms with Crippen molar-refractivity contribution in [1.82, 2.24) is 9.80 Å². The quantitative estimate of drug-likeness (QED) is 0.855. The maximum Gasteiger partial charge on any atom is 0.264 e. The summed E-state index contributed by atoms with van der Waals surface area (Å²) in [6, 6.07) is 3.21. The minimum atomic E-state index is 0.315. The molecular formula is C17H24N2OS. The van der Waals surface area contributed by atoms with Crippen molar-refractivity contribution in [3.63, 3.8) is 0 Å². The van der Waals surface area contributed by atoms with Crippen LogP contribution in [0.15, 0.2) is 11.4 Å². The van der Waals surface area contributed by atoms with Gasteiger partial charge in [-0.2, -0.15) is 0 Å². The molecule has 1 saturated carbocycles. The van der Waals surface area contributed by atoms with E-state index in [0.717, 1.165) is 11.4 Å². The molecule has 3 heterocycles. The smallest absolute Gasteiger partial charge is 0.264 e. The second-order valence-electron chi connectivity index (χ2n) is 6.88. The van der Waals surface area contributed by atoms with E-state index in [9.17, 15) is 4.79 Å². The molecule has 4 heteroatoms. The van der Waals surface area contributed by atoms with Gasteiger partial charge in [-0.1, -0.05) is 0 Å². The number of likely N-dealkylation sites (tertiary alicyclic amines) is 2. The molecule has 4 rings (SSSR count). The van der Waals surface area contributed by atoms with Crippen molar-refractivity contribution in [2.45, 2.75) is 56.5 Å². The Balaban J connectivity index is 1.56. The van der Waals surface area contributed by atoms with E-state index in [-0.39, 0.29) is 0 Å². The standard InChI is InChI=1S/C17H24N2OS/c1-18-9-2-4-14(18)15-5-3-10-19(15)17(20)16-13(8-11-21-16)12-6-7-12/h8,11-12,14-15H,2-7,9-10H2,1H3/t14-,15+/m1/s1. The zero-order valence-corrected chi connectivity index (χ0v) is 13.6. The highest BCUT2D eigenvalue weighted by atomic mass is 32.1. The fourth-order valence-corrected chi connectivity index (χ4v) is 5.15. The van der Waals surface area contributed by atoms with E-state index in [4.69, 9.17) is 0 Å². The van der Waals surface area contributed by atoms with Gasteiger partial charge in [-0.15, -0.1) is 11.3 Å². The summed E-state index contributed by atoms with van der Waals surface area (Å²) in [6.07, 6.45) is 7.43. The minimum Gasteiger partial charge on any atom is -0.333 e. The maximum atomic E-state index is 13.1. The lowest BCUT2D eigenvalue weighted by molar-refractivity contribution is 0.0668. The molecule has 2 atom stereocenters. The first kappa shape index (κ1) is 13.8. The fraction of sp³-hybridized carbons (Fsp3) is 0.706. The molecular weight excluding hydrogens is 280 g/mol.